The summed E-state index contributed by atoms with van der Waals surface area (Å²) in [5.41, 5.74) is 7.80. The number of aryl methyl sites for hydroxylation is 1. The molecule has 0 heteroatoms. The zero-order valence-corrected chi connectivity index (χ0v) is 14.0. The fourth-order valence-corrected chi connectivity index (χ4v) is 2.76. The van der Waals surface area contributed by atoms with Crippen molar-refractivity contribution in [1.29, 1.82) is 0 Å². The smallest absolute Gasteiger partial charge is 0.0233 e. The number of benzene rings is 2. The molecule has 0 fully saturated rings. The Morgan fingerprint density at radius 3 is 2.41 bits per heavy atom. The van der Waals surface area contributed by atoms with E-state index in [0.29, 0.717) is 0 Å². The van der Waals surface area contributed by atoms with Gasteiger partial charge in [0.05, 0.1) is 0 Å². The fraction of sp³-hybridized carbons (Fsp3) is 0.318. The summed E-state index contributed by atoms with van der Waals surface area (Å²) in [6.45, 7) is 6.51. The third-order valence-electron chi connectivity index (χ3n) is 3.99. The molecule has 0 heterocycles. The molecule has 0 nitrogen and oxygen atoms in total. The fourth-order valence-electron chi connectivity index (χ4n) is 2.76. The van der Waals surface area contributed by atoms with Crippen LogP contribution in [0.25, 0.3) is 11.8 Å². The van der Waals surface area contributed by atoms with Crippen LogP contribution in [0, 0.1) is 0 Å². The van der Waals surface area contributed by atoms with Gasteiger partial charge in [-0.15, -0.1) is 5.73 Å². The predicted molar refractivity (Wildman–Crippen MR) is 97.2 cm³/mol. The van der Waals surface area contributed by atoms with Crippen LogP contribution in [0.4, 0.5) is 0 Å². The number of hydrogen-bond acceptors (Lipinski definition) is 0. The molecule has 0 spiro atoms. The Hall–Kier alpha value is -2.04. The van der Waals surface area contributed by atoms with E-state index in [1.54, 1.807) is 0 Å². The number of hydrogen-bond donors (Lipinski definition) is 0. The van der Waals surface area contributed by atoms with E-state index in [4.69, 9.17) is 0 Å². The summed E-state index contributed by atoms with van der Waals surface area (Å²) >= 11 is 0. The van der Waals surface area contributed by atoms with Crippen molar-refractivity contribution in [3.05, 3.63) is 75.7 Å². The van der Waals surface area contributed by atoms with Gasteiger partial charge in [-0.25, -0.2) is 0 Å². The van der Waals surface area contributed by atoms with Crippen LogP contribution >= 0.6 is 0 Å². The highest BCUT2D eigenvalue weighted by molar-refractivity contribution is 5.37. The summed E-state index contributed by atoms with van der Waals surface area (Å²) < 4.78 is 0. The summed E-state index contributed by atoms with van der Waals surface area (Å²) in [5, 5.41) is 2.44. The average Bonchev–Trinajstić information content (AvgIpc) is 2.54. The molecule has 114 valence electrons. The van der Waals surface area contributed by atoms with Crippen molar-refractivity contribution >= 4 is 11.8 Å². The summed E-state index contributed by atoms with van der Waals surface area (Å²) in [7, 11) is 0. The second kappa shape index (κ2) is 8.41. The zero-order chi connectivity index (χ0) is 15.8. The molecular formula is C22H26. The topological polar surface area (TPSA) is 0 Å². The van der Waals surface area contributed by atoms with E-state index in [1.807, 2.05) is 0 Å². The third-order valence-corrected chi connectivity index (χ3v) is 3.99. The van der Waals surface area contributed by atoms with Crippen molar-refractivity contribution < 1.29 is 0 Å². The van der Waals surface area contributed by atoms with Gasteiger partial charge in [-0.3, -0.25) is 0 Å². The molecule has 2 rings (SSSR count). The van der Waals surface area contributed by atoms with Gasteiger partial charge < -0.3 is 0 Å². The van der Waals surface area contributed by atoms with Crippen LogP contribution in [0.5, 0.6) is 0 Å². The highest BCUT2D eigenvalue weighted by Crippen LogP contribution is 2.15. The molecule has 0 atom stereocenters. The van der Waals surface area contributed by atoms with Crippen molar-refractivity contribution in [1.82, 2.24) is 0 Å². The molecule has 0 saturated heterocycles. The minimum Gasteiger partial charge on any atom is -0.113 e. The monoisotopic (exact) mass is 290 g/mol. The molecule has 0 aliphatic rings. The normalized spacial score (nSPS) is 11.3. The Bertz CT molecular complexity index is 759. The van der Waals surface area contributed by atoms with Gasteiger partial charge in [0.2, 0.25) is 0 Å². The first-order valence-electron chi connectivity index (χ1n) is 8.29. The Kier molecular flexibility index (Phi) is 6.25. The van der Waals surface area contributed by atoms with E-state index >= 15 is 0 Å². The third kappa shape index (κ3) is 4.48. The van der Waals surface area contributed by atoms with Crippen molar-refractivity contribution in [2.75, 3.05) is 0 Å². The summed E-state index contributed by atoms with van der Waals surface area (Å²) in [6.07, 6.45) is 6.81. The van der Waals surface area contributed by atoms with E-state index in [1.165, 1.54) is 46.4 Å². The standard InChI is InChI=1S/C22H26/c1-4-6-11-20-13-8-10-15-22(20)17-18(3)16-21-14-9-7-12-19(21)5-2/h5,7-10,12-15H,4,6,11,17H2,1-3H3/b19-5-. The van der Waals surface area contributed by atoms with Crippen LogP contribution in [0.3, 0.4) is 0 Å². The van der Waals surface area contributed by atoms with Gasteiger partial charge in [-0.1, -0.05) is 61.9 Å². The maximum atomic E-state index is 3.58. The molecule has 0 aliphatic carbocycles. The molecule has 0 aromatic heterocycles. The summed E-state index contributed by atoms with van der Waals surface area (Å²) in [5.74, 6) is 0. The summed E-state index contributed by atoms with van der Waals surface area (Å²) in [6, 6.07) is 17.3. The maximum absolute atomic E-state index is 3.58. The molecule has 2 aromatic carbocycles. The van der Waals surface area contributed by atoms with Gasteiger partial charge in [0.15, 0.2) is 0 Å². The SMILES string of the molecule is C/C=c1/ccccc1=C=C(C)Cc1ccccc1CCCC. The van der Waals surface area contributed by atoms with Crippen LogP contribution in [0.2, 0.25) is 0 Å². The van der Waals surface area contributed by atoms with Gasteiger partial charge in [0.25, 0.3) is 0 Å². The average molecular weight is 290 g/mol. The van der Waals surface area contributed by atoms with Gasteiger partial charge in [0, 0.05) is 11.6 Å². The molecule has 2 aromatic rings. The van der Waals surface area contributed by atoms with E-state index in [2.05, 4.69) is 81.1 Å². The highest BCUT2D eigenvalue weighted by Gasteiger charge is 2.02. The Balaban J connectivity index is 2.37. The zero-order valence-electron chi connectivity index (χ0n) is 14.0. The van der Waals surface area contributed by atoms with Crippen LogP contribution in [0.15, 0.2) is 54.1 Å². The molecular weight excluding hydrogens is 264 g/mol. The molecule has 0 unspecified atom stereocenters. The van der Waals surface area contributed by atoms with E-state index in [-0.39, 0.29) is 0 Å². The van der Waals surface area contributed by atoms with Gasteiger partial charge in [-0.05, 0) is 54.7 Å². The number of unbranched alkanes of at least 4 members (excludes halogenated alkanes) is 1. The molecule has 22 heavy (non-hydrogen) atoms. The lowest BCUT2D eigenvalue weighted by Crippen LogP contribution is -2.22. The molecule has 0 N–H and O–H groups in total. The van der Waals surface area contributed by atoms with Crippen molar-refractivity contribution in [3.63, 3.8) is 0 Å². The first-order chi connectivity index (χ1) is 10.7. The first-order valence-corrected chi connectivity index (χ1v) is 8.29. The molecule has 0 bridgehead atoms. The quantitative estimate of drug-likeness (QED) is 0.766. The summed E-state index contributed by atoms with van der Waals surface area (Å²) in [4.78, 5) is 0. The van der Waals surface area contributed by atoms with E-state index in [9.17, 15) is 0 Å². The number of allylic oxidation sites excluding steroid dienone is 1. The van der Waals surface area contributed by atoms with Crippen LogP contribution in [-0.2, 0) is 12.8 Å². The van der Waals surface area contributed by atoms with Crippen molar-refractivity contribution in [2.24, 2.45) is 0 Å². The predicted octanol–water partition coefficient (Wildman–Crippen LogP) is 4.40. The lowest BCUT2D eigenvalue weighted by atomic mass is 9.97. The molecule has 0 aliphatic heterocycles. The number of rotatable bonds is 5. The Labute approximate surface area is 134 Å². The van der Waals surface area contributed by atoms with Crippen molar-refractivity contribution in [2.45, 2.75) is 46.5 Å². The lowest BCUT2D eigenvalue weighted by Gasteiger charge is -2.08. The van der Waals surface area contributed by atoms with Gasteiger partial charge in [-0.2, -0.15) is 0 Å². The van der Waals surface area contributed by atoms with E-state index < -0.39 is 0 Å². The molecule has 0 saturated carbocycles. The van der Waals surface area contributed by atoms with Crippen LogP contribution < -0.4 is 10.4 Å². The second-order valence-electron chi connectivity index (χ2n) is 5.83. The highest BCUT2D eigenvalue weighted by atomic mass is 14.1. The second-order valence-corrected chi connectivity index (χ2v) is 5.83. The Morgan fingerprint density at radius 2 is 1.68 bits per heavy atom. The van der Waals surface area contributed by atoms with Gasteiger partial charge in [0.1, 0.15) is 0 Å². The van der Waals surface area contributed by atoms with E-state index in [0.717, 1.165) is 6.42 Å². The first kappa shape index (κ1) is 16.3. The van der Waals surface area contributed by atoms with Crippen molar-refractivity contribution in [3.8, 4) is 0 Å². The van der Waals surface area contributed by atoms with Gasteiger partial charge >= 0.3 is 0 Å². The minimum absolute atomic E-state index is 0.984. The lowest BCUT2D eigenvalue weighted by molar-refractivity contribution is 0.788. The maximum Gasteiger partial charge on any atom is 0.0233 e. The molecule has 0 radical (unpaired) electrons. The minimum atomic E-state index is 0.984. The van der Waals surface area contributed by atoms with Crippen LogP contribution in [-0.4, -0.2) is 0 Å². The largest absolute Gasteiger partial charge is 0.113 e. The van der Waals surface area contributed by atoms with Crippen LogP contribution in [0.1, 0.15) is 44.7 Å². The molecule has 0 amide bonds. The Morgan fingerprint density at radius 1 is 1.00 bits per heavy atom.